The monoisotopic (exact) mass is 335 g/mol. The van der Waals surface area contributed by atoms with E-state index in [0.29, 0.717) is 25.3 Å². The van der Waals surface area contributed by atoms with Crippen LogP contribution in [0.15, 0.2) is 36.4 Å². The Morgan fingerprint density at radius 2 is 2.00 bits per heavy atom. The van der Waals surface area contributed by atoms with Gasteiger partial charge in [0.2, 0.25) is 10.0 Å². The molecule has 3 rings (SSSR count). The number of aliphatic hydroxyl groups excluding tert-OH is 1. The van der Waals surface area contributed by atoms with Crippen molar-refractivity contribution < 1.29 is 13.5 Å². The molecule has 0 radical (unpaired) electrons. The fourth-order valence-corrected chi connectivity index (χ4v) is 3.92. The number of rotatable bonds is 4. The molecule has 0 fully saturated rings. The van der Waals surface area contributed by atoms with E-state index in [4.69, 9.17) is 0 Å². The third-order valence-electron chi connectivity index (χ3n) is 4.15. The summed E-state index contributed by atoms with van der Waals surface area (Å²) in [5.41, 5.74) is 2.16. The van der Waals surface area contributed by atoms with Crippen LogP contribution in [0, 0.1) is 0 Å². The first-order chi connectivity index (χ1) is 11.0. The second-order valence-electron chi connectivity index (χ2n) is 5.68. The zero-order chi connectivity index (χ0) is 16.4. The summed E-state index contributed by atoms with van der Waals surface area (Å²) in [6.07, 6.45) is -0.0822. The number of aryl methyl sites for hydroxylation is 1. The van der Waals surface area contributed by atoms with E-state index in [1.807, 2.05) is 35.0 Å². The van der Waals surface area contributed by atoms with E-state index >= 15 is 0 Å². The zero-order valence-corrected chi connectivity index (χ0v) is 13.9. The molecule has 2 heterocycles. The van der Waals surface area contributed by atoms with Crippen LogP contribution >= 0.6 is 0 Å². The van der Waals surface area contributed by atoms with Gasteiger partial charge in [-0.3, -0.25) is 4.68 Å². The lowest BCUT2D eigenvalue weighted by Gasteiger charge is -2.18. The lowest BCUT2D eigenvalue weighted by molar-refractivity contribution is 0.214. The zero-order valence-electron chi connectivity index (χ0n) is 13.1. The second kappa shape index (κ2) is 6.43. The van der Waals surface area contributed by atoms with Crippen LogP contribution in [0.25, 0.3) is 0 Å². The van der Waals surface area contributed by atoms with Gasteiger partial charge in [-0.1, -0.05) is 30.3 Å². The minimum Gasteiger partial charge on any atom is -0.382 e. The number of aromatic nitrogens is 2. The van der Waals surface area contributed by atoms with Crippen molar-refractivity contribution in [1.82, 2.24) is 14.1 Å². The highest BCUT2D eigenvalue weighted by molar-refractivity contribution is 7.89. The Labute approximate surface area is 136 Å². The summed E-state index contributed by atoms with van der Waals surface area (Å²) in [5.74, 6) is 0.0979. The predicted octanol–water partition coefficient (Wildman–Crippen LogP) is 1.52. The van der Waals surface area contributed by atoms with Crippen molar-refractivity contribution >= 4 is 10.0 Å². The van der Waals surface area contributed by atoms with Gasteiger partial charge in [-0.25, -0.2) is 8.42 Å². The number of hydrogen-bond donors (Lipinski definition) is 1. The van der Waals surface area contributed by atoms with Gasteiger partial charge in [0.25, 0.3) is 0 Å². The summed E-state index contributed by atoms with van der Waals surface area (Å²) in [5, 5.41) is 15.0. The standard InChI is InChI=1S/C16H21N3O3S/c1-2-23(21,22)18-9-6-10-19-14(12-18)11-15(17-19)16(20)13-7-4-3-5-8-13/h3-5,7-8,11,16,20H,2,6,9-10,12H2,1H3/t16-/m1/s1. The average molecular weight is 335 g/mol. The number of benzene rings is 1. The van der Waals surface area contributed by atoms with E-state index in [1.54, 1.807) is 13.0 Å². The minimum atomic E-state index is -3.22. The van der Waals surface area contributed by atoms with Crippen LogP contribution in [-0.2, 0) is 23.1 Å². The summed E-state index contributed by atoms with van der Waals surface area (Å²) in [4.78, 5) is 0. The molecule has 1 aliphatic heterocycles. The van der Waals surface area contributed by atoms with Gasteiger partial charge in [-0.05, 0) is 25.0 Å². The molecule has 6 nitrogen and oxygen atoms in total. The molecule has 1 aliphatic rings. The second-order valence-corrected chi connectivity index (χ2v) is 7.94. The number of aliphatic hydroxyl groups is 1. The van der Waals surface area contributed by atoms with Gasteiger partial charge in [0.15, 0.2) is 0 Å². The smallest absolute Gasteiger partial charge is 0.214 e. The van der Waals surface area contributed by atoms with Gasteiger partial charge in [0.1, 0.15) is 6.10 Å². The largest absolute Gasteiger partial charge is 0.382 e. The van der Waals surface area contributed by atoms with E-state index in [0.717, 1.165) is 17.7 Å². The highest BCUT2D eigenvalue weighted by Gasteiger charge is 2.26. The first-order valence-electron chi connectivity index (χ1n) is 7.78. The van der Waals surface area contributed by atoms with Crippen LogP contribution in [0.4, 0.5) is 0 Å². The average Bonchev–Trinajstić information content (AvgIpc) is 2.86. The maximum absolute atomic E-state index is 12.1. The number of hydrogen-bond acceptors (Lipinski definition) is 4. The minimum absolute atomic E-state index is 0.0979. The molecule has 0 unspecified atom stereocenters. The normalized spacial score (nSPS) is 17.5. The molecular formula is C16H21N3O3S. The molecule has 1 N–H and O–H groups in total. The van der Waals surface area contributed by atoms with Crippen LogP contribution < -0.4 is 0 Å². The van der Waals surface area contributed by atoms with Crippen LogP contribution in [-0.4, -0.2) is 39.9 Å². The third kappa shape index (κ3) is 3.31. The number of nitrogens with zero attached hydrogens (tertiary/aromatic N) is 3. The van der Waals surface area contributed by atoms with E-state index in [9.17, 15) is 13.5 Å². The predicted molar refractivity (Wildman–Crippen MR) is 87.2 cm³/mol. The first-order valence-corrected chi connectivity index (χ1v) is 9.39. The summed E-state index contributed by atoms with van der Waals surface area (Å²) in [7, 11) is -3.22. The molecule has 0 spiro atoms. The van der Waals surface area contributed by atoms with E-state index < -0.39 is 16.1 Å². The Hall–Kier alpha value is -1.70. The van der Waals surface area contributed by atoms with Gasteiger partial charge in [0, 0.05) is 13.1 Å². The molecule has 1 aromatic carbocycles. The Morgan fingerprint density at radius 3 is 2.70 bits per heavy atom. The Bertz CT molecular complexity index is 771. The molecule has 0 amide bonds. The molecule has 1 aromatic heterocycles. The van der Waals surface area contributed by atoms with E-state index in [2.05, 4.69) is 5.10 Å². The number of sulfonamides is 1. The van der Waals surface area contributed by atoms with Crippen molar-refractivity contribution in [2.75, 3.05) is 12.3 Å². The van der Waals surface area contributed by atoms with Crippen LogP contribution in [0.2, 0.25) is 0 Å². The maximum Gasteiger partial charge on any atom is 0.214 e. The SMILES string of the molecule is CCS(=O)(=O)N1CCCn2nc([C@H](O)c3ccccc3)cc2C1. The highest BCUT2D eigenvalue weighted by atomic mass is 32.2. The molecule has 0 bridgehead atoms. The van der Waals surface area contributed by atoms with Crippen molar-refractivity contribution in [3.05, 3.63) is 53.3 Å². The highest BCUT2D eigenvalue weighted by Crippen LogP contribution is 2.24. The van der Waals surface area contributed by atoms with E-state index in [-0.39, 0.29) is 5.75 Å². The number of fused-ring (bicyclic) bond motifs is 1. The van der Waals surface area contributed by atoms with Gasteiger partial charge < -0.3 is 5.11 Å². The van der Waals surface area contributed by atoms with Gasteiger partial charge in [0.05, 0.1) is 23.7 Å². The lowest BCUT2D eigenvalue weighted by Crippen LogP contribution is -2.32. The van der Waals surface area contributed by atoms with Gasteiger partial charge >= 0.3 is 0 Å². The van der Waals surface area contributed by atoms with Crippen LogP contribution in [0.5, 0.6) is 0 Å². The topological polar surface area (TPSA) is 75.4 Å². The molecule has 0 aliphatic carbocycles. The molecule has 124 valence electrons. The van der Waals surface area contributed by atoms with Gasteiger partial charge in [-0.2, -0.15) is 9.40 Å². The van der Waals surface area contributed by atoms with Crippen molar-refractivity contribution in [3.8, 4) is 0 Å². The van der Waals surface area contributed by atoms with Gasteiger partial charge in [-0.15, -0.1) is 0 Å². The molecule has 0 saturated heterocycles. The summed E-state index contributed by atoms with van der Waals surface area (Å²) in [6.45, 7) is 3.13. The Kier molecular flexibility index (Phi) is 4.52. The summed E-state index contributed by atoms with van der Waals surface area (Å²) < 4.78 is 27.6. The third-order valence-corrected chi connectivity index (χ3v) is 5.98. The molecule has 2 aromatic rings. The van der Waals surface area contributed by atoms with Crippen LogP contribution in [0.3, 0.4) is 0 Å². The Morgan fingerprint density at radius 1 is 1.26 bits per heavy atom. The first kappa shape index (κ1) is 16.2. The molecule has 1 atom stereocenters. The summed E-state index contributed by atoms with van der Waals surface area (Å²) >= 11 is 0. The van der Waals surface area contributed by atoms with Crippen molar-refractivity contribution in [3.63, 3.8) is 0 Å². The van der Waals surface area contributed by atoms with Crippen LogP contribution in [0.1, 0.15) is 36.4 Å². The summed E-state index contributed by atoms with van der Waals surface area (Å²) in [6, 6.07) is 11.1. The fourth-order valence-electron chi connectivity index (χ4n) is 2.81. The maximum atomic E-state index is 12.1. The Balaban J connectivity index is 1.88. The fraction of sp³-hybridized carbons (Fsp3) is 0.438. The van der Waals surface area contributed by atoms with Crippen molar-refractivity contribution in [2.24, 2.45) is 0 Å². The molecular weight excluding hydrogens is 314 g/mol. The molecule has 23 heavy (non-hydrogen) atoms. The quantitative estimate of drug-likeness (QED) is 0.919. The van der Waals surface area contributed by atoms with E-state index in [1.165, 1.54) is 4.31 Å². The molecule has 0 saturated carbocycles. The van der Waals surface area contributed by atoms with Crippen molar-refractivity contribution in [1.29, 1.82) is 0 Å². The lowest BCUT2D eigenvalue weighted by atomic mass is 10.1. The van der Waals surface area contributed by atoms with Crippen molar-refractivity contribution in [2.45, 2.75) is 32.5 Å². The molecule has 7 heteroatoms.